The van der Waals surface area contributed by atoms with Crippen molar-refractivity contribution in [2.75, 3.05) is 12.3 Å². The molecule has 3 aromatic rings. The summed E-state index contributed by atoms with van der Waals surface area (Å²) >= 11 is 0. The number of ether oxygens (including phenoxy) is 1. The van der Waals surface area contributed by atoms with Crippen molar-refractivity contribution in [3.8, 4) is 0 Å². The summed E-state index contributed by atoms with van der Waals surface area (Å²) in [7, 11) is 0. The standard InChI is InChI=1S/C17H20N6O3/c18-15-13-16(21-8-20-15)23(9-22-13)17-14(25)12(11(7-24)26-17)19-6-10-4-2-1-3-5-10/h1-5,8-9,11-12,14,17,19,24-25H,6-7H2,(H2,18,20,21)/t11-,12?,14-,17-/m1/s1. The van der Waals surface area contributed by atoms with E-state index in [0.717, 1.165) is 5.56 Å². The fourth-order valence-electron chi connectivity index (χ4n) is 3.27. The number of benzene rings is 1. The molecular weight excluding hydrogens is 336 g/mol. The Morgan fingerprint density at radius 3 is 2.77 bits per heavy atom. The van der Waals surface area contributed by atoms with E-state index >= 15 is 0 Å². The first-order valence-corrected chi connectivity index (χ1v) is 8.33. The Labute approximate surface area is 149 Å². The maximum Gasteiger partial charge on any atom is 0.167 e. The smallest absolute Gasteiger partial charge is 0.167 e. The Kier molecular flexibility index (Phi) is 4.51. The van der Waals surface area contributed by atoms with Crippen molar-refractivity contribution in [2.45, 2.75) is 31.0 Å². The van der Waals surface area contributed by atoms with Gasteiger partial charge in [0.1, 0.15) is 24.1 Å². The zero-order chi connectivity index (χ0) is 18.1. The summed E-state index contributed by atoms with van der Waals surface area (Å²) in [5.41, 5.74) is 7.81. The topological polar surface area (TPSA) is 131 Å². The SMILES string of the molecule is Nc1ncnc2c1ncn2[C@@H]1O[C@H](CO)C(NCc2ccccc2)[C@H]1O. The minimum absolute atomic E-state index is 0.218. The van der Waals surface area contributed by atoms with Crippen molar-refractivity contribution >= 4 is 17.0 Å². The van der Waals surface area contributed by atoms with E-state index in [1.807, 2.05) is 30.3 Å². The number of nitrogens with two attached hydrogens (primary N) is 1. The molecule has 1 aliphatic rings. The number of nitrogens with zero attached hydrogens (tertiary/aromatic N) is 4. The third-order valence-corrected chi connectivity index (χ3v) is 4.60. The average molecular weight is 356 g/mol. The summed E-state index contributed by atoms with van der Waals surface area (Å²) in [6.07, 6.45) is 0.656. The van der Waals surface area contributed by atoms with E-state index in [-0.39, 0.29) is 12.4 Å². The summed E-state index contributed by atoms with van der Waals surface area (Å²) in [6.45, 7) is 0.332. The number of hydrogen-bond donors (Lipinski definition) is 4. The minimum Gasteiger partial charge on any atom is -0.394 e. The highest BCUT2D eigenvalue weighted by Gasteiger charge is 2.44. The zero-order valence-electron chi connectivity index (χ0n) is 13.9. The van der Waals surface area contributed by atoms with E-state index in [4.69, 9.17) is 10.5 Å². The van der Waals surface area contributed by atoms with Crippen molar-refractivity contribution in [1.29, 1.82) is 0 Å². The third kappa shape index (κ3) is 2.90. The van der Waals surface area contributed by atoms with Crippen LogP contribution in [0.15, 0.2) is 43.0 Å². The lowest BCUT2D eigenvalue weighted by atomic mass is 10.1. The molecule has 1 aliphatic heterocycles. The van der Waals surface area contributed by atoms with Gasteiger partial charge >= 0.3 is 0 Å². The molecule has 136 valence electrons. The number of aliphatic hydroxyl groups excluding tert-OH is 2. The van der Waals surface area contributed by atoms with Gasteiger partial charge in [-0.15, -0.1) is 0 Å². The van der Waals surface area contributed by atoms with Crippen molar-refractivity contribution in [3.05, 3.63) is 48.5 Å². The lowest BCUT2D eigenvalue weighted by Crippen LogP contribution is -2.45. The zero-order valence-corrected chi connectivity index (χ0v) is 13.9. The Hall–Kier alpha value is -2.59. The van der Waals surface area contributed by atoms with E-state index < -0.39 is 24.5 Å². The second-order valence-electron chi connectivity index (χ2n) is 6.21. The second kappa shape index (κ2) is 6.96. The number of nitrogen functional groups attached to an aromatic ring is 1. The highest BCUT2D eigenvalue weighted by atomic mass is 16.5. The molecule has 2 aromatic heterocycles. The van der Waals surface area contributed by atoms with Crippen molar-refractivity contribution in [3.63, 3.8) is 0 Å². The first-order chi connectivity index (χ1) is 12.7. The van der Waals surface area contributed by atoms with Gasteiger partial charge in [0.2, 0.25) is 0 Å². The van der Waals surface area contributed by atoms with Gasteiger partial charge in [-0.3, -0.25) is 4.57 Å². The van der Waals surface area contributed by atoms with Gasteiger partial charge in [0.05, 0.1) is 19.0 Å². The predicted octanol–water partition coefficient (Wildman–Crippen LogP) is -0.183. The summed E-state index contributed by atoms with van der Waals surface area (Å²) in [5.74, 6) is 0.263. The molecule has 0 amide bonds. The van der Waals surface area contributed by atoms with Crippen LogP contribution in [0.2, 0.25) is 0 Å². The van der Waals surface area contributed by atoms with Gasteiger partial charge in [0, 0.05) is 6.54 Å². The van der Waals surface area contributed by atoms with Gasteiger partial charge in [-0.05, 0) is 5.56 Å². The fourth-order valence-corrected chi connectivity index (χ4v) is 3.27. The first-order valence-electron chi connectivity index (χ1n) is 8.33. The molecule has 3 heterocycles. The Morgan fingerprint density at radius 2 is 2.00 bits per heavy atom. The second-order valence-corrected chi connectivity index (χ2v) is 6.21. The van der Waals surface area contributed by atoms with Crippen LogP contribution in [0.3, 0.4) is 0 Å². The quantitative estimate of drug-likeness (QED) is 0.495. The number of imidazole rings is 1. The maximum absolute atomic E-state index is 10.8. The normalized spacial score (nSPS) is 25.8. The summed E-state index contributed by atoms with van der Waals surface area (Å²) in [6, 6.07) is 9.38. The molecular formula is C17H20N6O3. The molecule has 0 bridgehead atoms. The predicted molar refractivity (Wildman–Crippen MR) is 93.8 cm³/mol. The molecule has 1 fully saturated rings. The number of anilines is 1. The molecule has 26 heavy (non-hydrogen) atoms. The van der Waals surface area contributed by atoms with Crippen LogP contribution in [0.1, 0.15) is 11.8 Å². The van der Waals surface area contributed by atoms with Crippen LogP contribution in [0.4, 0.5) is 5.82 Å². The first kappa shape index (κ1) is 16.9. The number of aromatic nitrogens is 4. The van der Waals surface area contributed by atoms with Crippen LogP contribution in [0.5, 0.6) is 0 Å². The molecule has 9 nitrogen and oxygen atoms in total. The molecule has 1 unspecified atom stereocenters. The molecule has 1 aromatic carbocycles. The molecule has 0 saturated carbocycles. The highest BCUT2D eigenvalue weighted by molar-refractivity contribution is 5.81. The van der Waals surface area contributed by atoms with Crippen molar-refractivity contribution in [2.24, 2.45) is 0 Å². The largest absolute Gasteiger partial charge is 0.394 e. The lowest BCUT2D eigenvalue weighted by Gasteiger charge is -2.21. The van der Waals surface area contributed by atoms with Gasteiger partial charge < -0.3 is 26.0 Å². The number of aliphatic hydroxyl groups is 2. The van der Waals surface area contributed by atoms with E-state index in [9.17, 15) is 10.2 Å². The van der Waals surface area contributed by atoms with Gasteiger partial charge in [-0.1, -0.05) is 30.3 Å². The average Bonchev–Trinajstić information content (AvgIpc) is 3.22. The molecule has 5 N–H and O–H groups in total. The molecule has 0 radical (unpaired) electrons. The third-order valence-electron chi connectivity index (χ3n) is 4.60. The molecule has 9 heteroatoms. The van der Waals surface area contributed by atoms with Crippen LogP contribution in [0.25, 0.3) is 11.2 Å². The Morgan fingerprint density at radius 1 is 1.19 bits per heavy atom. The van der Waals surface area contributed by atoms with Crippen LogP contribution in [0, 0.1) is 0 Å². The van der Waals surface area contributed by atoms with Crippen LogP contribution < -0.4 is 11.1 Å². The molecule has 1 saturated heterocycles. The number of nitrogens with one attached hydrogen (secondary N) is 1. The lowest BCUT2D eigenvalue weighted by molar-refractivity contribution is -0.0489. The van der Waals surface area contributed by atoms with Gasteiger partial charge in [0.25, 0.3) is 0 Å². The molecule has 4 atom stereocenters. The van der Waals surface area contributed by atoms with Crippen molar-refractivity contribution < 1.29 is 14.9 Å². The fraction of sp³-hybridized carbons (Fsp3) is 0.353. The van der Waals surface area contributed by atoms with Gasteiger partial charge in [-0.2, -0.15) is 0 Å². The summed E-state index contributed by atoms with van der Waals surface area (Å²) in [4.78, 5) is 12.3. The summed E-state index contributed by atoms with van der Waals surface area (Å²) < 4.78 is 7.49. The van der Waals surface area contributed by atoms with Crippen LogP contribution >= 0.6 is 0 Å². The van der Waals surface area contributed by atoms with E-state index in [1.165, 1.54) is 12.7 Å². The summed E-state index contributed by atoms with van der Waals surface area (Å²) in [5, 5.41) is 23.8. The van der Waals surface area contributed by atoms with Gasteiger partial charge in [-0.25, -0.2) is 15.0 Å². The monoisotopic (exact) mass is 356 g/mol. The van der Waals surface area contributed by atoms with Crippen molar-refractivity contribution in [1.82, 2.24) is 24.8 Å². The van der Waals surface area contributed by atoms with Crippen LogP contribution in [-0.2, 0) is 11.3 Å². The minimum atomic E-state index is -0.899. The highest BCUT2D eigenvalue weighted by Crippen LogP contribution is 2.32. The Bertz CT molecular complexity index is 887. The molecule has 4 rings (SSSR count). The number of hydrogen-bond acceptors (Lipinski definition) is 8. The Balaban J connectivity index is 1.57. The molecule has 0 spiro atoms. The van der Waals surface area contributed by atoms with E-state index in [0.29, 0.717) is 17.7 Å². The molecule has 0 aliphatic carbocycles. The van der Waals surface area contributed by atoms with Crippen LogP contribution in [-0.4, -0.2) is 54.6 Å². The van der Waals surface area contributed by atoms with E-state index in [2.05, 4.69) is 20.3 Å². The number of rotatable bonds is 5. The van der Waals surface area contributed by atoms with E-state index in [1.54, 1.807) is 4.57 Å². The number of fused-ring (bicyclic) bond motifs is 1. The maximum atomic E-state index is 10.8. The van der Waals surface area contributed by atoms with Gasteiger partial charge in [0.15, 0.2) is 17.7 Å².